The van der Waals surface area contributed by atoms with Gasteiger partial charge in [-0.25, -0.2) is 9.78 Å². The number of carbonyl (C=O) groups excluding carboxylic acids is 1. The molecule has 1 heterocycles. The van der Waals surface area contributed by atoms with E-state index in [1.807, 2.05) is 6.92 Å². The number of carbonyl (C=O) groups is 1. The van der Waals surface area contributed by atoms with Crippen LogP contribution in [-0.4, -0.2) is 30.2 Å². The largest absolute Gasteiger partial charge is 0.411 e. The number of aromatic nitrogens is 2. The van der Waals surface area contributed by atoms with Gasteiger partial charge in [-0.1, -0.05) is 26.7 Å². The molecule has 0 atom stereocenters. The number of hydrogen-bond donors (Lipinski definition) is 1. The van der Waals surface area contributed by atoms with Crippen molar-refractivity contribution in [3.8, 4) is 5.88 Å². The molecule has 0 bridgehead atoms. The zero-order valence-corrected chi connectivity index (χ0v) is 12.6. The number of primary amides is 1. The molecule has 6 heteroatoms. The van der Waals surface area contributed by atoms with E-state index in [4.69, 9.17) is 10.5 Å². The van der Waals surface area contributed by atoms with E-state index in [1.54, 1.807) is 25.9 Å². The summed E-state index contributed by atoms with van der Waals surface area (Å²) in [6, 6.07) is 0. The van der Waals surface area contributed by atoms with Crippen molar-refractivity contribution in [3.63, 3.8) is 0 Å². The van der Waals surface area contributed by atoms with E-state index in [9.17, 15) is 4.79 Å². The maximum Gasteiger partial charge on any atom is 0.411 e. The lowest BCUT2D eigenvalue weighted by atomic mass is 10.2. The molecule has 0 radical (unpaired) electrons. The van der Waals surface area contributed by atoms with Gasteiger partial charge in [0.25, 0.3) is 0 Å². The Morgan fingerprint density at radius 2 is 1.74 bits per heavy atom. The van der Waals surface area contributed by atoms with Crippen molar-refractivity contribution in [3.05, 3.63) is 11.3 Å². The summed E-state index contributed by atoms with van der Waals surface area (Å²) < 4.78 is 4.78. The van der Waals surface area contributed by atoms with Crippen LogP contribution in [0.1, 0.15) is 37.9 Å². The van der Waals surface area contributed by atoms with Crippen molar-refractivity contribution in [1.29, 1.82) is 0 Å². The first-order chi connectivity index (χ1) is 8.83. The maximum atomic E-state index is 10.6. The highest BCUT2D eigenvalue weighted by Crippen LogP contribution is 2.20. The molecule has 0 aliphatic carbocycles. The number of amides is 1. The van der Waals surface area contributed by atoms with E-state index in [0.29, 0.717) is 11.5 Å². The van der Waals surface area contributed by atoms with Gasteiger partial charge >= 0.3 is 6.09 Å². The van der Waals surface area contributed by atoms with Crippen molar-refractivity contribution < 1.29 is 9.53 Å². The number of ether oxygens (including phenoxy) is 1. The number of unbranched alkanes of at least 4 members (excludes halogenated alkanes) is 1. The van der Waals surface area contributed by atoms with E-state index in [0.717, 1.165) is 5.69 Å². The average Bonchev–Trinajstić information content (AvgIpc) is 2.34. The third-order valence-corrected chi connectivity index (χ3v) is 2.43. The number of nitrogens with two attached hydrogens (primary N) is 1. The Balaban J connectivity index is 0.000000711. The van der Waals surface area contributed by atoms with Crippen LogP contribution in [0.25, 0.3) is 0 Å². The fourth-order valence-electron chi connectivity index (χ4n) is 0.983. The van der Waals surface area contributed by atoms with Gasteiger partial charge in [0.15, 0.2) is 0 Å². The van der Waals surface area contributed by atoms with Crippen LogP contribution in [-0.2, 0) is 0 Å². The summed E-state index contributed by atoms with van der Waals surface area (Å²) in [4.78, 5) is 20.6. The van der Waals surface area contributed by atoms with Crippen LogP contribution in [0.4, 0.5) is 10.7 Å². The Morgan fingerprint density at radius 1 is 1.21 bits per heavy atom. The predicted octanol–water partition coefficient (Wildman–Crippen LogP) is 2.42. The van der Waals surface area contributed by atoms with Crippen molar-refractivity contribution in [2.24, 2.45) is 5.73 Å². The Labute approximate surface area is 115 Å². The molecular formula is C13H24N4O2. The summed E-state index contributed by atoms with van der Waals surface area (Å²) in [6.07, 6.45) is 1.76. The fourth-order valence-corrected chi connectivity index (χ4v) is 0.983. The SMILES string of the molecule is CCCC.Cc1nc(N(C)C)nc(OC(N)=O)c1C. The lowest BCUT2D eigenvalue weighted by molar-refractivity contribution is 0.208. The summed E-state index contributed by atoms with van der Waals surface area (Å²) in [6.45, 7) is 7.95. The molecule has 0 aliphatic heterocycles. The van der Waals surface area contributed by atoms with Crippen molar-refractivity contribution in [2.75, 3.05) is 19.0 Å². The van der Waals surface area contributed by atoms with Crippen LogP contribution >= 0.6 is 0 Å². The van der Waals surface area contributed by atoms with Crippen LogP contribution in [0, 0.1) is 13.8 Å². The molecule has 1 amide bonds. The van der Waals surface area contributed by atoms with Crippen LogP contribution in [0.15, 0.2) is 0 Å². The molecule has 1 aromatic rings. The quantitative estimate of drug-likeness (QED) is 0.910. The number of hydrogen-bond acceptors (Lipinski definition) is 5. The molecule has 0 fully saturated rings. The topological polar surface area (TPSA) is 81.3 Å². The molecule has 0 saturated heterocycles. The molecule has 2 N–H and O–H groups in total. The number of anilines is 1. The monoisotopic (exact) mass is 268 g/mol. The van der Waals surface area contributed by atoms with Gasteiger partial charge in [-0.2, -0.15) is 4.98 Å². The molecule has 108 valence electrons. The standard InChI is InChI=1S/C9H14N4O2.C4H10/c1-5-6(2)11-9(13(3)4)12-7(5)15-8(10)14;1-3-4-2/h1-4H3,(H2,10,14);3-4H2,1-2H3. The Kier molecular flexibility index (Phi) is 7.48. The Hall–Kier alpha value is -1.85. The second-order valence-corrected chi connectivity index (χ2v) is 4.35. The normalized spacial score (nSPS) is 9.37. The van der Waals surface area contributed by atoms with Crippen molar-refractivity contribution in [1.82, 2.24) is 9.97 Å². The van der Waals surface area contributed by atoms with Crippen LogP contribution in [0.3, 0.4) is 0 Å². The fraction of sp³-hybridized carbons (Fsp3) is 0.615. The minimum Gasteiger partial charge on any atom is -0.391 e. The zero-order valence-electron chi connectivity index (χ0n) is 12.6. The molecule has 0 aromatic carbocycles. The summed E-state index contributed by atoms with van der Waals surface area (Å²) in [5.41, 5.74) is 6.40. The van der Waals surface area contributed by atoms with Crippen molar-refractivity contribution >= 4 is 12.0 Å². The lowest BCUT2D eigenvalue weighted by Gasteiger charge is -2.13. The van der Waals surface area contributed by atoms with E-state index in [1.165, 1.54) is 12.8 Å². The smallest absolute Gasteiger partial charge is 0.391 e. The third kappa shape index (κ3) is 6.03. The molecule has 19 heavy (non-hydrogen) atoms. The highest BCUT2D eigenvalue weighted by atomic mass is 16.6. The first-order valence-electron chi connectivity index (χ1n) is 6.33. The summed E-state index contributed by atoms with van der Waals surface area (Å²) in [5, 5.41) is 0. The number of rotatable bonds is 3. The molecule has 0 saturated carbocycles. The van der Waals surface area contributed by atoms with Crippen molar-refractivity contribution in [2.45, 2.75) is 40.5 Å². The minimum atomic E-state index is -0.874. The summed E-state index contributed by atoms with van der Waals surface area (Å²) in [5.74, 6) is 0.688. The molecule has 0 unspecified atom stereocenters. The van der Waals surface area contributed by atoms with Gasteiger partial charge in [-0.15, -0.1) is 0 Å². The van der Waals surface area contributed by atoms with Gasteiger partial charge in [0.05, 0.1) is 0 Å². The maximum absolute atomic E-state index is 10.6. The molecule has 1 aromatic heterocycles. The highest BCUT2D eigenvalue weighted by molar-refractivity contribution is 5.68. The molecular weight excluding hydrogens is 244 g/mol. The Morgan fingerprint density at radius 3 is 2.11 bits per heavy atom. The third-order valence-electron chi connectivity index (χ3n) is 2.43. The van der Waals surface area contributed by atoms with Gasteiger partial charge in [0.2, 0.25) is 11.8 Å². The van der Waals surface area contributed by atoms with Gasteiger partial charge in [-0.05, 0) is 13.8 Å². The lowest BCUT2D eigenvalue weighted by Crippen LogP contribution is -2.20. The van der Waals surface area contributed by atoms with E-state index in [-0.39, 0.29) is 5.88 Å². The predicted molar refractivity (Wildman–Crippen MR) is 76.6 cm³/mol. The first-order valence-corrected chi connectivity index (χ1v) is 6.33. The molecule has 1 rings (SSSR count). The van der Waals surface area contributed by atoms with Crippen LogP contribution in [0.2, 0.25) is 0 Å². The van der Waals surface area contributed by atoms with Gasteiger partial charge in [0, 0.05) is 25.4 Å². The average molecular weight is 268 g/mol. The first kappa shape index (κ1) is 17.2. The number of nitrogens with zero attached hydrogens (tertiary/aromatic N) is 3. The van der Waals surface area contributed by atoms with E-state index >= 15 is 0 Å². The summed E-state index contributed by atoms with van der Waals surface area (Å²) in [7, 11) is 3.61. The zero-order chi connectivity index (χ0) is 15.0. The molecule has 6 nitrogen and oxygen atoms in total. The van der Waals surface area contributed by atoms with Crippen LogP contribution in [0.5, 0.6) is 5.88 Å². The van der Waals surface area contributed by atoms with E-state index in [2.05, 4.69) is 23.8 Å². The van der Waals surface area contributed by atoms with Crippen LogP contribution < -0.4 is 15.4 Å². The second-order valence-electron chi connectivity index (χ2n) is 4.35. The summed E-state index contributed by atoms with van der Waals surface area (Å²) >= 11 is 0. The van der Waals surface area contributed by atoms with Gasteiger partial charge < -0.3 is 15.4 Å². The van der Waals surface area contributed by atoms with Gasteiger partial charge in [0.1, 0.15) is 0 Å². The van der Waals surface area contributed by atoms with Gasteiger partial charge in [-0.3, -0.25) is 0 Å². The second kappa shape index (κ2) is 8.29. The Bertz CT molecular complexity index is 417. The van der Waals surface area contributed by atoms with E-state index < -0.39 is 6.09 Å². The highest BCUT2D eigenvalue weighted by Gasteiger charge is 2.12. The number of aryl methyl sites for hydroxylation is 1. The molecule has 0 aliphatic rings. The molecule has 0 spiro atoms. The minimum absolute atomic E-state index is 0.207.